The molecule has 1 N–H and O–H groups in total. The van der Waals surface area contributed by atoms with Gasteiger partial charge in [-0.1, -0.05) is 0 Å². The molecule has 0 radical (unpaired) electrons. The topological polar surface area (TPSA) is 37.3 Å². The lowest BCUT2D eigenvalue weighted by Gasteiger charge is -2.10. The fraction of sp³-hybridized carbons (Fsp3) is 0.300. The molecule has 0 spiro atoms. The molecule has 0 aliphatic carbocycles. The molecule has 0 aromatic heterocycles. The highest BCUT2D eigenvalue weighted by molar-refractivity contribution is 7.80. The second-order valence-corrected chi connectivity index (χ2v) is 3.59. The lowest BCUT2D eigenvalue weighted by atomic mass is 10.0. The van der Waals surface area contributed by atoms with Gasteiger partial charge in [0.05, 0.1) is 5.56 Å². The normalized spacial score (nSPS) is 10.2. The third-order valence-corrected chi connectivity index (χ3v) is 2.97. The maximum atomic E-state index is 10.8. The molecule has 13 heavy (non-hydrogen) atoms. The second-order valence-electron chi connectivity index (χ2n) is 3.14. The first-order valence-corrected chi connectivity index (χ1v) is 4.43. The predicted molar refractivity (Wildman–Crippen MR) is 54.9 cm³/mol. The maximum absolute atomic E-state index is 10.8. The van der Waals surface area contributed by atoms with E-state index in [1.807, 2.05) is 13.8 Å². The summed E-state index contributed by atoms with van der Waals surface area (Å²) in [6.45, 7) is 5.61. The molecule has 0 fully saturated rings. The van der Waals surface area contributed by atoms with Crippen LogP contribution in [0.4, 0.5) is 0 Å². The first kappa shape index (κ1) is 10.1. The van der Waals surface area contributed by atoms with Crippen LogP contribution in [-0.4, -0.2) is 11.1 Å². The van der Waals surface area contributed by atoms with E-state index in [-0.39, 0.29) is 0 Å². The highest BCUT2D eigenvalue weighted by Crippen LogP contribution is 2.24. The van der Waals surface area contributed by atoms with Gasteiger partial charge in [-0.3, -0.25) is 0 Å². The first-order valence-electron chi connectivity index (χ1n) is 3.98. The number of thiol groups is 1. The van der Waals surface area contributed by atoms with Crippen LogP contribution in [0.5, 0.6) is 0 Å². The van der Waals surface area contributed by atoms with E-state index in [1.165, 1.54) is 0 Å². The summed E-state index contributed by atoms with van der Waals surface area (Å²) < 4.78 is 0. The minimum Gasteiger partial charge on any atom is -0.478 e. The number of carboxylic acids is 1. The Balaban J connectivity index is 3.50. The van der Waals surface area contributed by atoms with E-state index in [2.05, 4.69) is 12.6 Å². The predicted octanol–water partition coefficient (Wildman–Crippen LogP) is 2.60. The van der Waals surface area contributed by atoms with Gasteiger partial charge in [0.25, 0.3) is 0 Å². The molecular formula is C10H12O2S. The molecule has 0 aliphatic rings. The SMILES string of the molecule is Cc1cc(C(=O)O)c(C)c(S)c1C. The summed E-state index contributed by atoms with van der Waals surface area (Å²) >= 11 is 4.28. The van der Waals surface area contributed by atoms with Crippen LogP contribution in [0, 0.1) is 20.8 Å². The number of carboxylic acid groups (broad SMARTS) is 1. The molecule has 0 bridgehead atoms. The molecule has 0 amide bonds. The van der Waals surface area contributed by atoms with Crippen LogP contribution in [0.1, 0.15) is 27.0 Å². The summed E-state index contributed by atoms with van der Waals surface area (Å²) in [5.41, 5.74) is 3.09. The summed E-state index contributed by atoms with van der Waals surface area (Å²) in [5.74, 6) is -0.893. The van der Waals surface area contributed by atoms with Crippen LogP contribution in [0.2, 0.25) is 0 Å². The Labute approximate surface area is 83.0 Å². The van der Waals surface area contributed by atoms with Gasteiger partial charge in [-0.05, 0) is 43.5 Å². The van der Waals surface area contributed by atoms with E-state index in [4.69, 9.17) is 5.11 Å². The molecule has 0 aliphatic heterocycles. The molecular weight excluding hydrogens is 184 g/mol. The Hall–Kier alpha value is -0.960. The third kappa shape index (κ3) is 1.70. The Morgan fingerprint density at radius 1 is 1.31 bits per heavy atom. The van der Waals surface area contributed by atoms with E-state index in [9.17, 15) is 4.79 Å². The molecule has 1 aromatic rings. The van der Waals surface area contributed by atoms with Crippen molar-refractivity contribution in [3.8, 4) is 0 Å². The molecule has 2 nitrogen and oxygen atoms in total. The summed E-state index contributed by atoms with van der Waals surface area (Å²) in [7, 11) is 0. The lowest BCUT2D eigenvalue weighted by molar-refractivity contribution is 0.0695. The summed E-state index contributed by atoms with van der Waals surface area (Å²) in [5, 5.41) is 8.87. The van der Waals surface area contributed by atoms with Gasteiger partial charge in [-0.2, -0.15) is 0 Å². The first-order chi connectivity index (χ1) is 5.95. The van der Waals surface area contributed by atoms with E-state index in [1.54, 1.807) is 13.0 Å². The van der Waals surface area contributed by atoms with Crippen LogP contribution in [-0.2, 0) is 0 Å². The van der Waals surface area contributed by atoms with Crippen LogP contribution in [0.25, 0.3) is 0 Å². The second kappa shape index (κ2) is 3.42. The van der Waals surface area contributed by atoms with Gasteiger partial charge < -0.3 is 5.11 Å². The van der Waals surface area contributed by atoms with Crippen LogP contribution < -0.4 is 0 Å². The number of aryl methyl sites for hydroxylation is 1. The smallest absolute Gasteiger partial charge is 0.336 e. The third-order valence-electron chi connectivity index (χ3n) is 2.30. The van der Waals surface area contributed by atoms with Crippen molar-refractivity contribution in [1.29, 1.82) is 0 Å². The zero-order chi connectivity index (χ0) is 10.2. The summed E-state index contributed by atoms with van der Waals surface area (Å²) in [6, 6.07) is 1.69. The van der Waals surface area contributed by atoms with Gasteiger partial charge in [0.2, 0.25) is 0 Å². The fourth-order valence-corrected chi connectivity index (χ4v) is 1.55. The number of benzene rings is 1. The Kier molecular flexibility index (Phi) is 2.66. The Morgan fingerprint density at radius 3 is 2.31 bits per heavy atom. The lowest BCUT2D eigenvalue weighted by Crippen LogP contribution is -2.02. The molecule has 1 rings (SSSR count). The molecule has 0 saturated heterocycles. The number of carbonyl (C=O) groups is 1. The number of hydrogen-bond acceptors (Lipinski definition) is 2. The molecule has 0 saturated carbocycles. The number of rotatable bonds is 1. The average molecular weight is 196 g/mol. The van der Waals surface area contributed by atoms with Crippen molar-refractivity contribution in [3.63, 3.8) is 0 Å². The van der Waals surface area contributed by atoms with E-state index in [0.29, 0.717) is 5.56 Å². The van der Waals surface area contributed by atoms with Crippen LogP contribution in [0.15, 0.2) is 11.0 Å². The largest absolute Gasteiger partial charge is 0.478 e. The standard InChI is InChI=1S/C10H12O2S/c1-5-4-8(10(11)12)7(3)9(13)6(5)2/h4,13H,1-3H3,(H,11,12). The van der Waals surface area contributed by atoms with E-state index >= 15 is 0 Å². The molecule has 1 aromatic carbocycles. The molecule has 0 unspecified atom stereocenters. The highest BCUT2D eigenvalue weighted by atomic mass is 32.1. The Morgan fingerprint density at radius 2 is 1.85 bits per heavy atom. The molecule has 3 heteroatoms. The Bertz CT molecular complexity index is 370. The van der Waals surface area contributed by atoms with Crippen molar-refractivity contribution in [2.45, 2.75) is 25.7 Å². The maximum Gasteiger partial charge on any atom is 0.336 e. The zero-order valence-electron chi connectivity index (χ0n) is 7.88. The molecule has 0 heterocycles. The molecule has 0 atom stereocenters. The fourth-order valence-electron chi connectivity index (χ4n) is 1.25. The van der Waals surface area contributed by atoms with Crippen molar-refractivity contribution in [2.24, 2.45) is 0 Å². The van der Waals surface area contributed by atoms with Gasteiger partial charge in [0, 0.05) is 4.90 Å². The zero-order valence-corrected chi connectivity index (χ0v) is 8.77. The monoisotopic (exact) mass is 196 g/mol. The van der Waals surface area contributed by atoms with Gasteiger partial charge in [-0.15, -0.1) is 12.6 Å². The minimum absolute atomic E-state index is 0.341. The van der Waals surface area contributed by atoms with Gasteiger partial charge in [0.1, 0.15) is 0 Å². The number of hydrogen-bond donors (Lipinski definition) is 2. The average Bonchev–Trinajstić information content (AvgIpc) is 2.07. The van der Waals surface area contributed by atoms with Crippen molar-refractivity contribution in [2.75, 3.05) is 0 Å². The summed E-state index contributed by atoms with van der Waals surface area (Å²) in [4.78, 5) is 11.6. The minimum atomic E-state index is -0.893. The van der Waals surface area contributed by atoms with Crippen molar-refractivity contribution in [1.82, 2.24) is 0 Å². The van der Waals surface area contributed by atoms with Gasteiger partial charge >= 0.3 is 5.97 Å². The van der Waals surface area contributed by atoms with Crippen molar-refractivity contribution >= 4 is 18.6 Å². The van der Waals surface area contributed by atoms with Crippen molar-refractivity contribution in [3.05, 3.63) is 28.3 Å². The summed E-state index contributed by atoms with van der Waals surface area (Å²) in [6.07, 6.45) is 0. The van der Waals surface area contributed by atoms with Crippen LogP contribution in [0.3, 0.4) is 0 Å². The number of aromatic carboxylic acids is 1. The van der Waals surface area contributed by atoms with E-state index < -0.39 is 5.97 Å². The van der Waals surface area contributed by atoms with Crippen molar-refractivity contribution < 1.29 is 9.90 Å². The van der Waals surface area contributed by atoms with E-state index in [0.717, 1.165) is 21.6 Å². The van der Waals surface area contributed by atoms with Crippen LogP contribution >= 0.6 is 12.6 Å². The molecule has 70 valence electrons. The van der Waals surface area contributed by atoms with Gasteiger partial charge in [-0.25, -0.2) is 4.79 Å². The highest BCUT2D eigenvalue weighted by Gasteiger charge is 2.12. The quantitative estimate of drug-likeness (QED) is 0.677. The van der Waals surface area contributed by atoms with Gasteiger partial charge in [0.15, 0.2) is 0 Å².